The molecule has 0 aliphatic heterocycles. The normalized spacial score (nSPS) is 11.4. The van der Waals surface area contributed by atoms with Crippen molar-refractivity contribution >= 4 is 35.7 Å². The Bertz CT molecular complexity index is 653. The molecule has 0 radical (unpaired) electrons. The minimum absolute atomic E-state index is 0.119. The van der Waals surface area contributed by atoms with Gasteiger partial charge in [0, 0.05) is 20.7 Å². The summed E-state index contributed by atoms with van der Waals surface area (Å²) in [7, 11) is 1.68. The summed E-state index contributed by atoms with van der Waals surface area (Å²) < 4.78 is 23.8. The maximum Gasteiger partial charge on any atom is 0.261 e. The first-order chi connectivity index (χ1) is 8.00. The lowest BCUT2D eigenvalue weighted by Gasteiger charge is -2.08. The van der Waals surface area contributed by atoms with Crippen molar-refractivity contribution in [1.82, 2.24) is 0 Å². The van der Waals surface area contributed by atoms with Crippen LogP contribution in [0.1, 0.15) is 0 Å². The summed E-state index contributed by atoms with van der Waals surface area (Å²) in [6.45, 7) is 0. The van der Waals surface area contributed by atoms with Gasteiger partial charge in [0.25, 0.3) is 9.05 Å². The van der Waals surface area contributed by atoms with Crippen LogP contribution in [-0.2, 0) is 9.05 Å². The molecule has 0 bridgehead atoms. The average molecular weight is 332 g/mol. The number of hydrogen-bond donors (Lipinski definition) is 0. The van der Waals surface area contributed by atoms with Gasteiger partial charge in [-0.1, -0.05) is 52.3 Å². The largest absolute Gasteiger partial charge is 0.261 e. The van der Waals surface area contributed by atoms with Crippen molar-refractivity contribution in [3.63, 3.8) is 0 Å². The van der Waals surface area contributed by atoms with Crippen LogP contribution in [-0.4, -0.2) is 8.42 Å². The first kappa shape index (κ1) is 12.6. The standard InChI is InChI=1S/C12H8BrClO2S/c13-11-7-3-1-5-9(11)10-6-2-4-8-12(10)17(14,15)16/h1-8H. The summed E-state index contributed by atoms with van der Waals surface area (Å²) in [6.07, 6.45) is 0. The predicted octanol–water partition coefficient (Wildman–Crippen LogP) is 4.04. The predicted molar refractivity (Wildman–Crippen MR) is 72.6 cm³/mol. The Morgan fingerprint density at radius 2 is 1.41 bits per heavy atom. The molecule has 2 nitrogen and oxygen atoms in total. The molecule has 5 heteroatoms. The molecule has 88 valence electrons. The quantitative estimate of drug-likeness (QED) is 0.778. The second-order valence-electron chi connectivity index (χ2n) is 3.41. The third-order valence-electron chi connectivity index (χ3n) is 2.31. The van der Waals surface area contributed by atoms with Crippen molar-refractivity contribution in [3.05, 3.63) is 53.0 Å². The van der Waals surface area contributed by atoms with E-state index in [0.717, 1.165) is 10.0 Å². The van der Waals surface area contributed by atoms with E-state index >= 15 is 0 Å². The zero-order valence-corrected chi connectivity index (χ0v) is 11.8. The van der Waals surface area contributed by atoms with Gasteiger partial charge < -0.3 is 0 Å². The maximum absolute atomic E-state index is 11.5. The van der Waals surface area contributed by atoms with Crippen molar-refractivity contribution in [3.8, 4) is 11.1 Å². The smallest absolute Gasteiger partial charge is 0.207 e. The number of benzene rings is 2. The van der Waals surface area contributed by atoms with Crippen LogP contribution in [0.3, 0.4) is 0 Å². The highest BCUT2D eigenvalue weighted by Gasteiger charge is 2.17. The van der Waals surface area contributed by atoms with E-state index in [1.54, 1.807) is 18.2 Å². The molecule has 0 N–H and O–H groups in total. The van der Waals surface area contributed by atoms with E-state index in [4.69, 9.17) is 10.7 Å². The second-order valence-corrected chi connectivity index (χ2v) is 6.80. The molecule has 0 aliphatic carbocycles. The molecule has 2 aromatic carbocycles. The Morgan fingerprint density at radius 3 is 2.00 bits per heavy atom. The first-order valence-corrected chi connectivity index (χ1v) is 7.89. The third kappa shape index (κ3) is 2.70. The molecule has 0 aromatic heterocycles. The van der Waals surface area contributed by atoms with Crippen LogP contribution in [0.2, 0.25) is 0 Å². The van der Waals surface area contributed by atoms with Gasteiger partial charge in [-0.05, 0) is 17.7 Å². The van der Waals surface area contributed by atoms with Crippen molar-refractivity contribution < 1.29 is 8.42 Å². The van der Waals surface area contributed by atoms with Gasteiger partial charge in [0.15, 0.2) is 0 Å². The van der Waals surface area contributed by atoms with Crippen molar-refractivity contribution in [2.75, 3.05) is 0 Å². The lowest BCUT2D eigenvalue weighted by molar-refractivity contribution is 0.610. The number of halogens is 2. The Balaban J connectivity index is 2.74. The fourth-order valence-electron chi connectivity index (χ4n) is 1.58. The van der Waals surface area contributed by atoms with Crippen molar-refractivity contribution in [2.24, 2.45) is 0 Å². The number of rotatable bonds is 2. The minimum atomic E-state index is -3.75. The van der Waals surface area contributed by atoms with E-state index in [1.807, 2.05) is 24.3 Å². The van der Waals surface area contributed by atoms with Crippen LogP contribution in [0.5, 0.6) is 0 Å². The molecule has 0 amide bonds. The summed E-state index contributed by atoms with van der Waals surface area (Å²) >= 11 is 3.40. The van der Waals surface area contributed by atoms with Gasteiger partial charge in [0.1, 0.15) is 0 Å². The lowest BCUT2D eigenvalue weighted by atomic mass is 10.1. The van der Waals surface area contributed by atoms with Crippen LogP contribution < -0.4 is 0 Å². The van der Waals surface area contributed by atoms with Crippen LogP contribution in [0.25, 0.3) is 11.1 Å². The molecule has 0 saturated heterocycles. The van der Waals surface area contributed by atoms with E-state index in [9.17, 15) is 8.42 Å². The highest BCUT2D eigenvalue weighted by Crippen LogP contribution is 2.33. The minimum Gasteiger partial charge on any atom is -0.207 e. The fourth-order valence-corrected chi connectivity index (χ4v) is 3.17. The molecule has 0 unspecified atom stereocenters. The van der Waals surface area contributed by atoms with E-state index in [1.165, 1.54) is 6.07 Å². The highest BCUT2D eigenvalue weighted by atomic mass is 79.9. The van der Waals surface area contributed by atoms with Gasteiger partial charge in [0.05, 0.1) is 4.90 Å². The molecule has 17 heavy (non-hydrogen) atoms. The zero-order valence-electron chi connectivity index (χ0n) is 8.60. The number of hydrogen-bond acceptors (Lipinski definition) is 2. The van der Waals surface area contributed by atoms with E-state index < -0.39 is 9.05 Å². The Labute approximate surface area is 113 Å². The topological polar surface area (TPSA) is 34.1 Å². The summed E-state index contributed by atoms with van der Waals surface area (Å²) in [4.78, 5) is 0.119. The lowest BCUT2D eigenvalue weighted by Crippen LogP contribution is -1.94. The van der Waals surface area contributed by atoms with Gasteiger partial charge in [-0.15, -0.1) is 0 Å². The molecule has 0 heterocycles. The van der Waals surface area contributed by atoms with Crippen molar-refractivity contribution in [1.29, 1.82) is 0 Å². The molecule has 2 rings (SSSR count). The molecule has 0 atom stereocenters. The Morgan fingerprint density at radius 1 is 0.882 bits per heavy atom. The van der Waals surface area contributed by atoms with Gasteiger partial charge in [-0.3, -0.25) is 0 Å². The van der Waals surface area contributed by atoms with E-state index in [0.29, 0.717) is 5.56 Å². The van der Waals surface area contributed by atoms with Crippen LogP contribution in [0.4, 0.5) is 0 Å². The van der Waals surface area contributed by atoms with Crippen LogP contribution in [0, 0.1) is 0 Å². The summed E-state index contributed by atoms with van der Waals surface area (Å²) in [5, 5.41) is 0. The molecule has 0 aliphatic rings. The third-order valence-corrected chi connectivity index (χ3v) is 4.39. The van der Waals surface area contributed by atoms with Gasteiger partial charge >= 0.3 is 0 Å². The van der Waals surface area contributed by atoms with Gasteiger partial charge in [-0.25, -0.2) is 8.42 Å². The van der Waals surface area contributed by atoms with E-state index in [2.05, 4.69) is 15.9 Å². The average Bonchev–Trinajstić information content (AvgIpc) is 2.28. The molecule has 0 saturated carbocycles. The van der Waals surface area contributed by atoms with Crippen LogP contribution >= 0.6 is 26.6 Å². The fraction of sp³-hybridized carbons (Fsp3) is 0. The Hall–Kier alpha value is -0.840. The molecular formula is C12H8BrClO2S. The summed E-state index contributed by atoms with van der Waals surface area (Å²) in [6, 6.07) is 14.1. The van der Waals surface area contributed by atoms with Crippen molar-refractivity contribution in [2.45, 2.75) is 4.90 Å². The van der Waals surface area contributed by atoms with Gasteiger partial charge in [-0.2, -0.15) is 0 Å². The summed E-state index contributed by atoms with van der Waals surface area (Å²) in [5.41, 5.74) is 1.39. The molecule has 0 fully saturated rings. The SMILES string of the molecule is O=S(=O)(Cl)c1ccccc1-c1ccccc1Br. The monoisotopic (exact) mass is 330 g/mol. The van der Waals surface area contributed by atoms with Gasteiger partial charge in [0.2, 0.25) is 0 Å². The van der Waals surface area contributed by atoms with E-state index in [-0.39, 0.29) is 4.90 Å². The molecule has 2 aromatic rings. The zero-order chi connectivity index (χ0) is 12.5. The summed E-state index contributed by atoms with van der Waals surface area (Å²) in [5.74, 6) is 0. The molecule has 0 spiro atoms. The van der Waals surface area contributed by atoms with Crippen LogP contribution in [0.15, 0.2) is 57.9 Å². The Kier molecular flexibility index (Phi) is 3.56. The second kappa shape index (κ2) is 4.80. The first-order valence-electron chi connectivity index (χ1n) is 4.79. The molecular weight excluding hydrogens is 324 g/mol. The highest BCUT2D eigenvalue weighted by molar-refractivity contribution is 9.10. The maximum atomic E-state index is 11.5.